The molecule has 0 spiro atoms. The van der Waals surface area contributed by atoms with Gasteiger partial charge in [0.2, 0.25) is 5.91 Å². The summed E-state index contributed by atoms with van der Waals surface area (Å²) in [4.78, 5) is 11.0. The number of nitrogens with two attached hydrogens (primary N) is 1. The summed E-state index contributed by atoms with van der Waals surface area (Å²) in [5.41, 5.74) is 4.39. The third kappa shape index (κ3) is 1.95. The minimum absolute atomic E-state index is 0.422. The molecule has 0 bridgehead atoms. The van der Waals surface area contributed by atoms with Gasteiger partial charge in [-0.1, -0.05) is 5.21 Å². The number of hydrogen-bond donors (Lipinski definition) is 2. The van der Waals surface area contributed by atoms with Crippen molar-refractivity contribution < 1.29 is 4.79 Å². The fraction of sp³-hybridized carbons (Fsp3) is 0.571. The highest BCUT2D eigenvalue weighted by atomic mass is 16.1. The van der Waals surface area contributed by atoms with E-state index in [1.165, 1.54) is 10.9 Å². The number of nitrogens with zero attached hydrogens (tertiary/aromatic N) is 3. The molecule has 0 aromatic carbocycles. The fourth-order valence-electron chi connectivity index (χ4n) is 0.785. The van der Waals surface area contributed by atoms with Crippen molar-refractivity contribution in [3.63, 3.8) is 0 Å². The minimum atomic E-state index is -0.796. The van der Waals surface area contributed by atoms with Crippen molar-refractivity contribution in [1.82, 2.24) is 15.0 Å². The van der Waals surface area contributed by atoms with Gasteiger partial charge in [-0.3, -0.25) is 4.79 Å². The van der Waals surface area contributed by atoms with Gasteiger partial charge < -0.3 is 11.1 Å². The highest BCUT2D eigenvalue weighted by Gasteiger charge is 2.25. The summed E-state index contributed by atoms with van der Waals surface area (Å²) in [6.45, 7) is 3.39. The number of carbonyl (C=O) groups is 1. The molecule has 0 saturated carbocycles. The number of amides is 1. The standard InChI is InChI=1S/C7H13N5O/c1-7(2,6(8)13)10-5-4-9-11-12(5)3/h4,10H,1-3H3,(H2,8,13). The molecule has 1 aromatic heterocycles. The zero-order valence-electron chi connectivity index (χ0n) is 7.90. The van der Waals surface area contributed by atoms with Gasteiger partial charge in [-0.25, -0.2) is 4.68 Å². The first-order valence-electron chi connectivity index (χ1n) is 3.86. The monoisotopic (exact) mass is 183 g/mol. The van der Waals surface area contributed by atoms with Crippen LogP contribution in [0.1, 0.15) is 13.8 Å². The highest BCUT2D eigenvalue weighted by Crippen LogP contribution is 2.11. The number of nitrogens with one attached hydrogen (secondary N) is 1. The van der Waals surface area contributed by atoms with Crippen LogP contribution in [-0.2, 0) is 11.8 Å². The van der Waals surface area contributed by atoms with E-state index in [1.807, 2.05) is 0 Å². The van der Waals surface area contributed by atoms with E-state index in [9.17, 15) is 4.79 Å². The molecule has 0 aliphatic rings. The van der Waals surface area contributed by atoms with Crippen molar-refractivity contribution in [2.45, 2.75) is 19.4 Å². The van der Waals surface area contributed by atoms with Gasteiger partial charge in [-0.05, 0) is 13.8 Å². The van der Waals surface area contributed by atoms with Gasteiger partial charge in [0.15, 0.2) is 0 Å². The molecule has 0 radical (unpaired) electrons. The molecule has 0 fully saturated rings. The molecule has 1 heterocycles. The lowest BCUT2D eigenvalue weighted by molar-refractivity contribution is -0.121. The zero-order valence-corrected chi connectivity index (χ0v) is 7.90. The molecule has 1 rings (SSSR count). The second kappa shape index (κ2) is 3.04. The van der Waals surface area contributed by atoms with Gasteiger partial charge in [0, 0.05) is 7.05 Å². The van der Waals surface area contributed by atoms with Crippen LogP contribution in [0.2, 0.25) is 0 Å². The van der Waals surface area contributed by atoms with E-state index >= 15 is 0 Å². The summed E-state index contributed by atoms with van der Waals surface area (Å²) in [6, 6.07) is 0. The first-order chi connectivity index (χ1) is 5.93. The molecular weight excluding hydrogens is 170 g/mol. The van der Waals surface area contributed by atoms with Gasteiger partial charge in [0.25, 0.3) is 0 Å². The quantitative estimate of drug-likeness (QED) is 0.661. The van der Waals surface area contributed by atoms with E-state index < -0.39 is 11.4 Å². The number of aryl methyl sites for hydroxylation is 1. The number of primary amides is 1. The van der Waals surface area contributed by atoms with Crippen molar-refractivity contribution in [2.75, 3.05) is 5.32 Å². The highest BCUT2D eigenvalue weighted by molar-refractivity contribution is 5.86. The number of carbonyl (C=O) groups excluding carboxylic acids is 1. The van der Waals surface area contributed by atoms with Crippen LogP contribution in [-0.4, -0.2) is 26.4 Å². The van der Waals surface area contributed by atoms with Crippen LogP contribution in [0.15, 0.2) is 6.20 Å². The lowest BCUT2D eigenvalue weighted by Crippen LogP contribution is -2.45. The Morgan fingerprint density at radius 2 is 2.31 bits per heavy atom. The van der Waals surface area contributed by atoms with Crippen LogP contribution in [0.3, 0.4) is 0 Å². The summed E-state index contributed by atoms with van der Waals surface area (Å²) in [5, 5.41) is 10.3. The Bertz CT molecular complexity index is 316. The molecule has 0 saturated heterocycles. The number of rotatable bonds is 3. The lowest BCUT2D eigenvalue weighted by Gasteiger charge is -2.22. The second-order valence-electron chi connectivity index (χ2n) is 3.36. The molecular formula is C7H13N5O. The van der Waals surface area contributed by atoms with Gasteiger partial charge in [0.1, 0.15) is 11.4 Å². The van der Waals surface area contributed by atoms with E-state index in [1.54, 1.807) is 20.9 Å². The van der Waals surface area contributed by atoms with E-state index in [2.05, 4.69) is 15.6 Å². The van der Waals surface area contributed by atoms with Crippen LogP contribution >= 0.6 is 0 Å². The number of anilines is 1. The number of aromatic nitrogens is 3. The zero-order chi connectivity index (χ0) is 10.1. The lowest BCUT2D eigenvalue weighted by atomic mass is 10.1. The van der Waals surface area contributed by atoms with Gasteiger partial charge >= 0.3 is 0 Å². The molecule has 0 aliphatic carbocycles. The van der Waals surface area contributed by atoms with Gasteiger partial charge in [-0.2, -0.15) is 0 Å². The SMILES string of the molecule is Cn1nncc1NC(C)(C)C(N)=O. The van der Waals surface area contributed by atoms with Crippen molar-refractivity contribution in [3.8, 4) is 0 Å². The first kappa shape index (κ1) is 9.50. The normalized spacial score (nSPS) is 11.3. The maximum absolute atomic E-state index is 11.0. The van der Waals surface area contributed by atoms with Crippen LogP contribution in [0.25, 0.3) is 0 Å². The Morgan fingerprint density at radius 1 is 1.69 bits per heavy atom. The van der Waals surface area contributed by atoms with Crippen LogP contribution < -0.4 is 11.1 Å². The molecule has 0 atom stereocenters. The average molecular weight is 183 g/mol. The maximum Gasteiger partial charge on any atom is 0.242 e. The van der Waals surface area contributed by atoms with Crippen molar-refractivity contribution in [1.29, 1.82) is 0 Å². The number of hydrogen-bond acceptors (Lipinski definition) is 4. The summed E-state index contributed by atoms with van der Waals surface area (Å²) in [7, 11) is 1.73. The third-order valence-corrected chi connectivity index (χ3v) is 1.77. The fourth-order valence-corrected chi connectivity index (χ4v) is 0.785. The van der Waals surface area contributed by atoms with E-state index in [4.69, 9.17) is 5.73 Å². The van der Waals surface area contributed by atoms with Crippen molar-refractivity contribution in [2.24, 2.45) is 12.8 Å². The Labute approximate surface area is 76.1 Å². The van der Waals surface area contributed by atoms with Gasteiger partial charge in [-0.15, -0.1) is 5.10 Å². The summed E-state index contributed by atoms with van der Waals surface area (Å²) >= 11 is 0. The van der Waals surface area contributed by atoms with Crippen LogP contribution in [0.5, 0.6) is 0 Å². The Hall–Kier alpha value is -1.59. The third-order valence-electron chi connectivity index (χ3n) is 1.77. The van der Waals surface area contributed by atoms with E-state index in [-0.39, 0.29) is 0 Å². The second-order valence-corrected chi connectivity index (χ2v) is 3.36. The largest absolute Gasteiger partial charge is 0.368 e. The molecule has 1 aromatic rings. The van der Waals surface area contributed by atoms with E-state index in [0.717, 1.165) is 0 Å². The molecule has 0 aliphatic heterocycles. The Kier molecular flexibility index (Phi) is 2.22. The smallest absolute Gasteiger partial charge is 0.242 e. The topological polar surface area (TPSA) is 85.8 Å². The summed E-state index contributed by atoms with van der Waals surface area (Å²) < 4.78 is 1.53. The Morgan fingerprint density at radius 3 is 2.69 bits per heavy atom. The molecule has 13 heavy (non-hydrogen) atoms. The van der Waals surface area contributed by atoms with Crippen molar-refractivity contribution >= 4 is 11.7 Å². The Balaban J connectivity index is 2.80. The molecule has 1 amide bonds. The molecule has 0 unspecified atom stereocenters. The predicted octanol–water partition coefficient (Wildman–Crippen LogP) is -0.509. The molecule has 72 valence electrons. The molecule has 6 heteroatoms. The first-order valence-corrected chi connectivity index (χ1v) is 3.86. The minimum Gasteiger partial charge on any atom is -0.368 e. The van der Waals surface area contributed by atoms with Crippen molar-refractivity contribution in [3.05, 3.63) is 6.20 Å². The average Bonchev–Trinajstić information content (AvgIpc) is 2.35. The van der Waals surface area contributed by atoms with E-state index in [0.29, 0.717) is 5.82 Å². The van der Waals surface area contributed by atoms with Gasteiger partial charge in [0.05, 0.1) is 6.20 Å². The van der Waals surface area contributed by atoms with Crippen LogP contribution in [0, 0.1) is 0 Å². The summed E-state index contributed by atoms with van der Waals surface area (Å²) in [6.07, 6.45) is 1.53. The molecule has 3 N–H and O–H groups in total. The summed E-state index contributed by atoms with van der Waals surface area (Å²) in [5.74, 6) is 0.234. The molecule has 6 nitrogen and oxygen atoms in total. The predicted molar refractivity (Wildman–Crippen MR) is 47.9 cm³/mol. The maximum atomic E-state index is 11.0. The van der Waals surface area contributed by atoms with Crippen LogP contribution in [0.4, 0.5) is 5.82 Å².